The molecule has 11 aromatic carbocycles. The minimum Gasteiger partial charge on any atom is -0.456 e. The highest BCUT2D eigenvalue weighted by atomic mass is 32.1. The van der Waals surface area contributed by atoms with E-state index in [1.54, 1.807) is 0 Å². The van der Waals surface area contributed by atoms with Crippen LogP contribution in [-0.4, -0.2) is 17.9 Å². The normalized spacial score (nSPS) is 12.2. The Bertz CT molecular complexity index is 4220. The lowest BCUT2D eigenvalue weighted by Crippen LogP contribution is -2.05. The third-order valence-electron chi connectivity index (χ3n) is 13.2. The quantitative estimate of drug-likeness (QED) is 0.101. The Balaban J connectivity index is 0.862. The fraction of sp³-hybridized carbons (Fsp3) is 0. The van der Waals surface area contributed by atoms with Crippen LogP contribution >= 0.6 is 11.3 Å². The standard InChI is InChI=1S/C63H39N3OS/c64-62(66-63(44-23-18-41(19-24-44)40-9-2-1-3-10-40)65-38-39-17-30-52-47(33-39)26-22-43-11-4-5-12-51(43)52)49-27-21-42-20-25-48(34-50(42)35-49)53-14-8-15-58-61(53)56-37-45(28-31-57(56)67-58)46-29-32-60-55(36-46)54-13-6-7-16-59(54)68-60/h1-38,64H/b64-62?,65-38+,66-63-. The van der Waals surface area contributed by atoms with Crippen molar-refractivity contribution < 1.29 is 4.42 Å². The SMILES string of the molecule is N=C(/N=C(\N=C\c1ccc2c(ccc3ccccc32)c1)c1ccc(-c2ccccc2)cc1)c1ccc2ccc(-c3cccc4oc5ccc(-c6ccc7sc8ccccc8c7c6)cc5c34)cc2c1. The molecule has 13 rings (SSSR count). The zero-order chi connectivity index (χ0) is 45.1. The van der Waals surface area contributed by atoms with Crippen LogP contribution in [0.2, 0.25) is 0 Å². The lowest BCUT2D eigenvalue weighted by Gasteiger charge is -2.09. The predicted octanol–water partition coefficient (Wildman–Crippen LogP) is 17.3. The monoisotopic (exact) mass is 885 g/mol. The summed E-state index contributed by atoms with van der Waals surface area (Å²) < 4.78 is 9.09. The van der Waals surface area contributed by atoms with E-state index in [0.29, 0.717) is 11.4 Å². The van der Waals surface area contributed by atoms with E-state index < -0.39 is 0 Å². The van der Waals surface area contributed by atoms with E-state index in [-0.39, 0.29) is 5.84 Å². The Morgan fingerprint density at radius 3 is 1.99 bits per heavy atom. The molecule has 13 aromatic rings. The van der Waals surface area contributed by atoms with Gasteiger partial charge in [0.05, 0.1) is 0 Å². The maximum absolute atomic E-state index is 9.42. The van der Waals surface area contributed by atoms with Crippen molar-refractivity contribution in [3.63, 3.8) is 0 Å². The molecule has 0 amide bonds. The van der Waals surface area contributed by atoms with Crippen LogP contribution in [0.1, 0.15) is 16.7 Å². The van der Waals surface area contributed by atoms with E-state index in [2.05, 4.69) is 188 Å². The molecule has 0 aliphatic heterocycles. The van der Waals surface area contributed by atoms with E-state index in [9.17, 15) is 5.41 Å². The van der Waals surface area contributed by atoms with Crippen molar-refractivity contribution in [1.29, 1.82) is 5.41 Å². The topological polar surface area (TPSA) is 61.7 Å². The highest BCUT2D eigenvalue weighted by molar-refractivity contribution is 7.25. The molecule has 0 saturated carbocycles. The van der Waals surface area contributed by atoms with Gasteiger partial charge in [0.2, 0.25) is 0 Å². The summed E-state index contributed by atoms with van der Waals surface area (Å²) in [7, 11) is 0. The van der Waals surface area contributed by atoms with Crippen molar-refractivity contribution in [3.8, 4) is 33.4 Å². The van der Waals surface area contributed by atoms with E-state index >= 15 is 0 Å². The molecule has 68 heavy (non-hydrogen) atoms. The summed E-state index contributed by atoms with van der Waals surface area (Å²) in [5.41, 5.74) is 10.9. The molecule has 2 heterocycles. The second-order valence-corrected chi connectivity index (χ2v) is 18.4. The summed E-state index contributed by atoms with van der Waals surface area (Å²) in [6.45, 7) is 0. The van der Waals surface area contributed by atoms with Crippen molar-refractivity contribution in [2.75, 3.05) is 0 Å². The first kappa shape index (κ1) is 39.6. The molecule has 4 nitrogen and oxygen atoms in total. The molecular formula is C63H39N3OS. The van der Waals surface area contributed by atoms with Gasteiger partial charge < -0.3 is 4.42 Å². The molecule has 5 heteroatoms. The van der Waals surface area contributed by atoms with Crippen LogP contribution in [0.5, 0.6) is 0 Å². The minimum absolute atomic E-state index is 0.130. The highest BCUT2D eigenvalue weighted by Crippen LogP contribution is 2.41. The first-order chi connectivity index (χ1) is 33.6. The summed E-state index contributed by atoms with van der Waals surface area (Å²) in [5, 5.41) is 21.0. The summed E-state index contributed by atoms with van der Waals surface area (Å²) >= 11 is 1.84. The Hall–Kier alpha value is -8.77. The van der Waals surface area contributed by atoms with E-state index in [1.807, 2.05) is 53.9 Å². The Labute approximate surface area is 395 Å². The first-order valence-electron chi connectivity index (χ1n) is 22.8. The maximum atomic E-state index is 9.42. The maximum Gasteiger partial charge on any atom is 0.161 e. The fourth-order valence-corrected chi connectivity index (χ4v) is 10.8. The van der Waals surface area contributed by atoms with Gasteiger partial charge in [0.25, 0.3) is 0 Å². The lowest BCUT2D eigenvalue weighted by molar-refractivity contribution is 0.669. The zero-order valence-corrected chi connectivity index (χ0v) is 37.5. The molecule has 0 spiro atoms. The molecule has 2 aromatic heterocycles. The average Bonchev–Trinajstić information content (AvgIpc) is 3.97. The van der Waals surface area contributed by atoms with Gasteiger partial charge in [0.15, 0.2) is 11.7 Å². The van der Waals surface area contributed by atoms with Crippen LogP contribution in [0.25, 0.3) is 108 Å². The fourth-order valence-electron chi connectivity index (χ4n) is 9.74. The molecule has 0 saturated heterocycles. The Morgan fingerprint density at radius 1 is 0.412 bits per heavy atom. The number of hydrogen-bond donors (Lipinski definition) is 1. The van der Waals surface area contributed by atoms with Crippen molar-refractivity contribution in [2.24, 2.45) is 9.98 Å². The molecule has 0 radical (unpaired) electrons. The molecule has 0 bridgehead atoms. The Kier molecular flexibility index (Phi) is 9.48. The van der Waals surface area contributed by atoms with Gasteiger partial charge in [-0.15, -0.1) is 11.3 Å². The van der Waals surface area contributed by atoms with Crippen LogP contribution in [0.4, 0.5) is 0 Å². The van der Waals surface area contributed by atoms with E-state index in [0.717, 1.165) is 77.0 Å². The zero-order valence-electron chi connectivity index (χ0n) is 36.7. The average molecular weight is 886 g/mol. The van der Waals surface area contributed by atoms with Gasteiger partial charge in [-0.25, -0.2) is 9.98 Å². The van der Waals surface area contributed by atoms with E-state index in [1.165, 1.54) is 41.9 Å². The van der Waals surface area contributed by atoms with Gasteiger partial charge in [-0.3, -0.25) is 5.41 Å². The van der Waals surface area contributed by atoms with Gasteiger partial charge in [-0.1, -0.05) is 170 Å². The summed E-state index contributed by atoms with van der Waals surface area (Å²) in [4.78, 5) is 9.94. The number of hydrogen-bond acceptors (Lipinski definition) is 3. The summed E-state index contributed by atoms with van der Waals surface area (Å²) in [6.07, 6.45) is 1.85. The predicted molar refractivity (Wildman–Crippen MR) is 289 cm³/mol. The van der Waals surface area contributed by atoms with Crippen molar-refractivity contribution in [1.82, 2.24) is 0 Å². The van der Waals surface area contributed by atoms with Crippen molar-refractivity contribution >= 4 is 104 Å². The number of thiophene rings is 1. The molecule has 1 N–H and O–H groups in total. The van der Waals surface area contributed by atoms with Crippen LogP contribution in [-0.2, 0) is 0 Å². The van der Waals surface area contributed by atoms with Gasteiger partial charge >= 0.3 is 0 Å². The molecular weight excluding hydrogens is 847 g/mol. The largest absolute Gasteiger partial charge is 0.456 e. The molecule has 0 aliphatic carbocycles. The second-order valence-electron chi connectivity index (χ2n) is 17.3. The number of rotatable bonds is 6. The highest BCUT2D eigenvalue weighted by Gasteiger charge is 2.16. The molecule has 318 valence electrons. The van der Waals surface area contributed by atoms with Gasteiger partial charge in [-0.05, 0) is 126 Å². The number of benzene rings is 11. The third-order valence-corrected chi connectivity index (χ3v) is 14.4. The number of aliphatic imine (C=N–C) groups is 2. The Morgan fingerprint density at radius 2 is 1.09 bits per heavy atom. The van der Waals surface area contributed by atoms with Crippen molar-refractivity contribution in [3.05, 3.63) is 241 Å². The number of furan rings is 1. The van der Waals surface area contributed by atoms with E-state index in [4.69, 9.17) is 14.4 Å². The van der Waals surface area contributed by atoms with Crippen LogP contribution in [0, 0.1) is 5.41 Å². The van der Waals surface area contributed by atoms with Crippen molar-refractivity contribution in [2.45, 2.75) is 0 Å². The summed E-state index contributed by atoms with van der Waals surface area (Å²) in [5.74, 6) is 0.592. The van der Waals surface area contributed by atoms with Crippen LogP contribution in [0.15, 0.2) is 239 Å². The number of nitrogens with zero attached hydrogens (tertiary/aromatic N) is 2. The lowest BCUT2D eigenvalue weighted by atomic mass is 9.95. The molecule has 0 aliphatic rings. The molecule has 0 atom stereocenters. The molecule has 0 fully saturated rings. The number of nitrogens with one attached hydrogen (secondary N) is 1. The van der Waals surface area contributed by atoms with Gasteiger partial charge in [0.1, 0.15) is 11.2 Å². The number of fused-ring (bicyclic) bond motifs is 10. The summed E-state index contributed by atoms with van der Waals surface area (Å²) in [6, 6.07) is 78.7. The van der Waals surface area contributed by atoms with Gasteiger partial charge in [-0.2, -0.15) is 0 Å². The van der Waals surface area contributed by atoms with Gasteiger partial charge in [0, 0.05) is 48.3 Å². The second kappa shape index (κ2) is 16.3. The minimum atomic E-state index is 0.130. The first-order valence-corrected chi connectivity index (χ1v) is 23.6. The number of amidine groups is 2. The third kappa shape index (κ3) is 7.05. The smallest absolute Gasteiger partial charge is 0.161 e. The van der Waals surface area contributed by atoms with Crippen LogP contribution < -0.4 is 0 Å². The molecule has 0 unspecified atom stereocenters. The van der Waals surface area contributed by atoms with Crippen LogP contribution in [0.3, 0.4) is 0 Å².